The minimum atomic E-state index is -2.05. The molecule has 0 amide bonds. The van der Waals surface area contributed by atoms with Crippen molar-refractivity contribution in [2.45, 2.75) is 128 Å². The van der Waals surface area contributed by atoms with E-state index in [4.69, 9.17) is 4.43 Å². The molecular formula is C33H57N3O3Si. The summed E-state index contributed by atoms with van der Waals surface area (Å²) in [6, 6.07) is 7.78. The van der Waals surface area contributed by atoms with Gasteiger partial charge >= 0.3 is 0 Å². The van der Waals surface area contributed by atoms with E-state index in [2.05, 4.69) is 56.1 Å². The van der Waals surface area contributed by atoms with E-state index < -0.39 is 8.32 Å². The minimum absolute atomic E-state index is 0.0809. The van der Waals surface area contributed by atoms with Crippen molar-refractivity contribution in [1.29, 1.82) is 0 Å². The molecule has 1 aromatic heterocycles. The number of hydrogen-bond acceptors (Lipinski definition) is 5. The van der Waals surface area contributed by atoms with Gasteiger partial charge in [0.05, 0.1) is 11.6 Å². The summed E-state index contributed by atoms with van der Waals surface area (Å²) in [7, 11) is 0.274. The van der Waals surface area contributed by atoms with E-state index in [1.54, 1.807) is 12.1 Å². The van der Waals surface area contributed by atoms with Crippen molar-refractivity contribution in [3.8, 4) is 5.75 Å². The Balaban J connectivity index is 1.43. The van der Waals surface area contributed by atoms with Crippen LogP contribution in [0, 0.1) is 0 Å². The van der Waals surface area contributed by atoms with Gasteiger partial charge in [-0.1, -0.05) is 78.2 Å². The summed E-state index contributed by atoms with van der Waals surface area (Å²) in [5.74, 6) is 0.0896. The standard InChI is InChI=1S/C33H57N3O3Si/c1-33(2,3)40(5,6)39-30(27-19-21-29(37)32-28(27)20-22-31(38)35-32)25-34-23-15-10-8-7-9-11-16-24-36(4)26-17-13-12-14-18-26/h19-22,26,30,34,37H,7-18,23-25H2,1-6H3,(H,35,38)/t30-/m0/s1. The van der Waals surface area contributed by atoms with Gasteiger partial charge in [0.2, 0.25) is 5.56 Å². The molecule has 1 aromatic carbocycles. The topological polar surface area (TPSA) is 77.6 Å². The van der Waals surface area contributed by atoms with Crippen molar-refractivity contribution in [1.82, 2.24) is 15.2 Å². The highest BCUT2D eigenvalue weighted by Crippen LogP contribution is 2.41. The molecule has 1 atom stereocenters. The number of H-pyrrole nitrogens is 1. The van der Waals surface area contributed by atoms with Crippen LogP contribution >= 0.6 is 0 Å². The molecule has 3 rings (SSSR count). The largest absolute Gasteiger partial charge is 0.506 e. The van der Waals surface area contributed by atoms with E-state index in [0.717, 1.165) is 23.5 Å². The fraction of sp³-hybridized carbons (Fsp3) is 0.727. The van der Waals surface area contributed by atoms with Gasteiger partial charge in [-0.3, -0.25) is 4.79 Å². The zero-order valence-corrected chi connectivity index (χ0v) is 27.3. The Kier molecular flexibility index (Phi) is 12.7. The van der Waals surface area contributed by atoms with Gasteiger partial charge in [0.15, 0.2) is 8.32 Å². The molecule has 3 N–H and O–H groups in total. The smallest absolute Gasteiger partial charge is 0.248 e. The quantitative estimate of drug-likeness (QED) is 0.141. The van der Waals surface area contributed by atoms with Gasteiger partial charge in [0.25, 0.3) is 0 Å². The first-order chi connectivity index (χ1) is 19.0. The van der Waals surface area contributed by atoms with Crippen LogP contribution in [-0.4, -0.2) is 56.0 Å². The van der Waals surface area contributed by atoms with Gasteiger partial charge in [0, 0.05) is 24.0 Å². The molecule has 0 spiro atoms. The second kappa shape index (κ2) is 15.5. The lowest BCUT2D eigenvalue weighted by molar-refractivity contribution is 0.181. The van der Waals surface area contributed by atoms with Crippen molar-refractivity contribution in [3.05, 3.63) is 40.2 Å². The number of phenols is 1. The Morgan fingerprint density at radius 3 is 2.33 bits per heavy atom. The highest BCUT2D eigenvalue weighted by molar-refractivity contribution is 6.74. The fourth-order valence-electron chi connectivity index (χ4n) is 5.72. The average molecular weight is 572 g/mol. The second-order valence-corrected chi connectivity index (χ2v) is 18.4. The number of aromatic hydroxyl groups is 1. The Bertz CT molecular complexity index is 1090. The maximum Gasteiger partial charge on any atom is 0.248 e. The van der Waals surface area contributed by atoms with Crippen molar-refractivity contribution in [2.75, 3.05) is 26.7 Å². The first-order valence-electron chi connectivity index (χ1n) is 15.9. The molecule has 0 aliphatic heterocycles. The number of aromatic nitrogens is 1. The number of fused-ring (bicyclic) bond motifs is 1. The monoisotopic (exact) mass is 571 g/mol. The van der Waals surface area contributed by atoms with Gasteiger partial charge in [-0.05, 0) is 81.6 Å². The molecule has 7 heteroatoms. The van der Waals surface area contributed by atoms with Crippen LogP contribution in [0.1, 0.15) is 109 Å². The van der Waals surface area contributed by atoms with Gasteiger partial charge < -0.3 is 24.7 Å². The number of benzene rings is 1. The molecule has 40 heavy (non-hydrogen) atoms. The van der Waals surface area contributed by atoms with Gasteiger partial charge in [-0.25, -0.2) is 0 Å². The highest BCUT2D eigenvalue weighted by atomic mass is 28.4. The van der Waals surface area contributed by atoms with E-state index in [-0.39, 0.29) is 22.5 Å². The first kappa shape index (κ1) is 32.8. The molecule has 1 aliphatic rings. The van der Waals surface area contributed by atoms with Crippen molar-refractivity contribution in [2.24, 2.45) is 0 Å². The van der Waals surface area contributed by atoms with E-state index in [0.29, 0.717) is 12.1 Å². The van der Waals surface area contributed by atoms with Gasteiger partial charge in [0.1, 0.15) is 5.75 Å². The second-order valence-electron chi connectivity index (χ2n) is 13.6. The molecule has 226 valence electrons. The van der Waals surface area contributed by atoms with E-state index in [1.165, 1.54) is 89.7 Å². The van der Waals surface area contributed by atoms with Gasteiger partial charge in [-0.15, -0.1) is 0 Å². The van der Waals surface area contributed by atoms with Crippen LogP contribution in [0.2, 0.25) is 18.1 Å². The minimum Gasteiger partial charge on any atom is -0.506 e. The van der Waals surface area contributed by atoms with Gasteiger partial charge in [-0.2, -0.15) is 0 Å². The summed E-state index contributed by atoms with van der Waals surface area (Å²) in [5.41, 5.74) is 1.27. The lowest BCUT2D eigenvalue weighted by Crippen LogP contribution is -2.43. The molecule has 0 saturated heterocycles. The molecule has 1 saturated carbocycles. The summed E-state index contributed by atoms with van der Waals surface area (Å²) in [5, 5.41) is 15.0. The maximum atomic E-state index is 11.9. The van der Waals surface area contributed by atoms with Crippen LogP contribution in [-0.2, 0) is 4.43 Å². The third-order valence-electron chi connectivity index (χ3n) is 9.39. The average Bonchev–Trinajstić information content (AvgIpc) is 2.91. The highest BCUT2D eigenvalue weighted by Gasteiger charge is 2.39. The first-order valence-corrected chi connectivity index (χ1v) is 18.8. The number of aromatic amines is 1. The predicted octanol–water partition coefficient (Wildman–Crippen LogP) is 7.88. The summed E-state index contributed by atoms with van der Waals surface area (Å²) >= 11 is 0. The number of nitrogens with zero attached hydrogens (tertiary/aromatic N) is 1. The molecule has 0 bridgehead atoms. The van der Waals surface area contributed by atoms with Crippen LogP contribution in [0.15, 0.2) is 29.1 Å². The molecule has 1 heterocycles. The Morgan fingerprint density at radius 1 is 1.00 bits per heavy atom. The van der Waals surface area contributed by atoms with E-state index in [1.807, 2.05) is 6.07 Å². The number of unbranched alkanes of at least 4 members (excludes halogenated alkanes) is 6. The molecule has 1 aliphatic carbocycles. The lowest BCUT2D eigenvalue weighted by Gasteiger charge is -2.39. The summed E-state index contributed by atoms with van der Waals surface area (Å²) in [6.07, 6.45) is 16.0. The van der Waals surface area contributed by atoms with Crippen molar-refractivity contribution in [3.63, 3.8) is 0 Å². The number of hydrogen-bond donors (Lipinski definition) is 3. The van der Waals surface area contributed by atoms with Crippen LogP contribution in [0.4, 0.5) is 0 Å². The number of phenolic OH excluding ortho intramolecular Hbond substituents is 1. The Hall–Kier alpha value is -1.67. The SMILES string of the molecule is CN(CCCCCCCCCNC[C@H](O[Si](C)(C)C(C)(C)C)c1ccc(O)c2[nH]c(=O)ccc12)C1CCCCC1. The van der Waals surface area contributed by atoms with Crippen LogP contribution in [0.5, 0.6) is 5.75 Å². The zero-order chi connectivity index (χ0) is 29.2. The maximum absolute atomic E-state index is 11.9. The molecular weight excluding hydrogens is 514 g/mol. The van der Waals surface area contributed by atoms with Crippen molar-refractivity contribution < 1.29 is 9.53 Å². The normalized spacial score (nSPS) is 16.2. The Labute approximate surface area is 244 Å². The van der Waals surface area contributed by atoms with Crippen LogP contribution < -0.4 is 10.9 Å². The van der Waals surface area contributed by atoms with E-state index >= 15 is 0 Å². The van der Waals surface area contributed by atoms with E-state index in [9.17, 15) is 9.90 Å². The molecule has 2 aromatic rings. The van der Waals surface area contributed by atoms with Crippen LogP contribution in [0.25, 0.3) is 10.9 Å². The van der Waals surface area contributed by atoms with Crippen LogP contribution in [0.3, 0.4) is 0 Å². The summed E-state index contributed by atoms with van der Waals surface area (Å²) in [4.78, 5) is 17.4. The number of nitrogens with one attached hydrogen (secondary N) is 2. The number of rotatable bonds is 16. The third-order valence-corrected chi connectivity index (χ3v) is 13.9. The van der Waals surface area contributed by atoms with Crippen molar-refractivity contribution >= 4 is 19.2 Å². The molecule has 1 fully saturated rings. The predicted molar refractivity (Wildman–Crippen MR) is 172 cm³/mol. The Morgan fingerprint density at radius 2 is 1.65 bits per heavy atom. The number of pyridine rings is 1. The zero-order valence-electron chi connectivity index (χ0n) is 26.3. The fourth-order valence-corrected chi connectivity index (χ4v) is 7.00. The third kappa shape index (κ3) is 9.71. The molecule has 6 nitrogen and oxygen atoms in total. The summed E-state index contributed by atoms with van der Waals surface area (Å²) in [6.45, 7) is 14.3. The molecule has 0 unspecified atom stereocenters. The molecule has 0 radical (unpaired) electrons. The lowest BCUT2D eigenvalue weighted by atomic mass is 9.94. The summed E-state index contributed by atoms with van der Waals surface area (Å²) < 4.78 is 6.90.